The van der Waals surface area contributed by atoms with Crippen molar-refractivity contribution < 1.29 is 4.79 Å². The number of hydrogen-bond donors (Lipinski definition) is 1. The van der Waals surface area contributed by atoms with Gasteiger partial charge in [-0.15, -0.1) is 0 Å². The van der Waals surface area contributed by atoms with E-state index in [1.54, 1.807) is 12.1 Å². The fraction of sp³-hybridized carbons (Fsp3) is 0.0556. The molecular weight excluding hydrogens is 326 g/mol. The molecule has 0 aliphatic carbocycles. The lowest BCUT2D eigenvalue weighted by atomic mass is 9.98. The lowest BCUT2D eigenvalue weighted by molar-refractivity contribution is 0.103. The van der Waals surface area contributed by atoms with Gasteiger partial charge in [0.25, 0.3) is 0 Å². The van der Waals surface area contributed by atoms with Crippen molar-refractivity contribution in [3.05, 3.63) is 75.8 Å². The molecule has 3 aromatic rings. The van der Waals surface area contributed by atoms with Gasteiger partial charge in [-0.05, 0) is 59.7 Å². The highest BCUT2D eigenvalue weighted by Gasteiger charge is 2.10. The zero-order valence-corrected chi connectivity index (χ0v) is 13.1. The molecule has 0 unspecified atom stereocenters. The van der Waals surface area contributed by atoms with Gasteiger partial charge < -0.3 is 5.73 Å². The second kappa shape index (κ2) is 5.34. The van der Waals surface area contributed by atoms with Gasteiger partial charge in [-0.25, -0.2) is 0 Å². The molecule has 104 valence electrons. The molecule has 3 heteroatoms. The largest absolute Gasteiger partial charge is 0.399 e. The van der Waals surface area contributed by atoms with Crippen LogP contribution in [0.4, 0.5) is 5.69 Å². The third-order valence-electron chi connectivity index (χ3n) is 3.60. The summed E-state index contributed by atoms with van der Waals surface area (Å²) in [7, 11) is 0. The van der Waals surface area contributed by atoms with Crippen LogP contribution in [0.5, 0.6) is 0 Å². The van der Waals surface area contributed by atoms with Gasteiger partial charge >= 0.3 is 0 Å². The topological polar surface area (TPSA) is 43.1 Å². The van der Waals surface area contributed by atoms with Gasteiger partial charge in [-0.3, -0.25) is 4.79 Å². The normalized spacial score (nSPS) is 10.8. The van der Waals surface area contributed by atoms with Gasteiger partial charge in [0.15, 0.2) is 5.78 Å². The van der Waals surface area contributed by atoms with Crippen LogP contribution in [-0.2, 0) is 0 Å². The summed E-state index contributed by atoms with van der Waals surface area (Å²) < 4.78 is 1.03. The number of fused-ring (bicyclic) bond motifs is 1. The summed E-state index contributed by atoms with van der Waals surface area (Å²) in [6, 6.07) is 17.2. The number of ketones is 1. The van der Waals surface area contributed by atoms with E-state index in [-0.39, 0.29) is 5.78 Å². The number of anilines is 1. The van der Waals surface area contributed by atoms with Crippen LogP contribution < -0.4 is 5.73 Å². The Hall–Kier alpha value is -2.13. The van der Waals surface area contributed by atoms with Gasteiger partial charge in [0.05, 0.1) is 0 Å². The zero-order valence-electron chi connectivity index (χ0n) is 11.6. The van der Waals surface area contributed by atoms with Crippen molar-refractivity contribution in [2.24, 2.45) is 0 Å². The summed E-state index contributed by atoms with van der Waals surface area (Å²) in [5, 5.41) is 2.16. The highest BCUT2D eigenvalue weighted by Crippen LogP contribution is 2.23. The first kappa shape index (κ1) is 13.8. The number of rotatable bonds is 2. The molecular formula is C18H14BrNO. The van der Waals surface area contributed by atoms with E-state index in [1.165, 1.54) is 0 Å². The summed E-state index contributed by atoms with van der Waals surface area (Å²) in [4.78, 5) is 12.6. The van der Waals surface area contributed by atoms with Gasteiger partial charge in [0, 0.05) is 21.3 Å². The van der Waals surface area contributed by atoms with Crippen LogP contribution >= 0.6 is 15.9 Å². The Balaban J connectivity index is 2.04. The molecule has 2 N–H and O–H groups in total. The van der Waals surface area contributed by atoms with Crippen LogP contribution in [0.2, 0.25) is 0 Å². The van der Waals surface area contributed by atoms with Crippen molar-refractivity contribution in [3.63, 3.8) is 0 Å². The number of aryl methyl sites for hydroxylation is 1. The number of carbonyl (C=O) groups excluding carboxylic acids is 1. The summed E-state index contributed by atoms with van der Waals surface area (Å²) in [6.45, 7) is 1.91. The van der Waals surface area contributed by atoms with Crippen LogP contribution in [0.15, 0.2) is 59.1 Å². The smallest absolute Gasteiger partial charge is 0.193 e. The van der Waals surface area contributed by atoms with E-state index in [9.17, 15) is 4.79 Å². The summed E-state index contributed by atoms with van der Waals surface area (Å²) in [5.41, 5.74) is 8.78. The fourth-order valence-corrected chi connectivity index (χ4v) is 2.72. The van der Waals surface area contributed by atoms with Crippen molar-refractivity contribution in [3.8, 4) is 0 Å². The molecule has 0 spiro atoms. The Morgan fingerprint density at radius 3 is 2.29 bits per heavy atom. The number of nitrogen functional groups attached to an aromatic ring is 1. The van der Waals surface area contributed by atoms with Crippen molar-refractivity contribution in [1.82, 2.24) is 0 Å². The minimum Gasteiger partial charge on any atom is -0.399 e. The van der Waals surface area contributed by atoms with Gasteiger partial charge in [0.1, 0.15) is 0 Å². The van der Waals surface area contributed by atoms with E-state index < -0.39 is 0 Å². The first-order valence-electron chi connectivity index (χ1n) is 6.65. The molecule has 2 nitrogen and oxygen atoms in total. The molecule has 0 heterocycles. The van der Waals surface area contributed by atoms with Gasteiger partial charge in [-0.2, -0.15) is 0 Å². The van der Waals surface area contributed by atoms with Gasteiger partial charge in [-0.1, -0.05) is 34.1 Å². The van der Waals surface area contributed by atoms with E-state index in [4.69, 9.17) is 5.73 Å². The lowest BCUT2D eigenvalue weighted by Crippen LogP contribution is -2.02. The standard InChI is InChI=1S/C18H14BrNO/c1-11-8-14(5-7-17(11)20)18(21)15-3-2-13-10-16(19)6-4-12(13)9-15/h2-10H,20H2,1H3. The molecule has 0 fully saturated rings. The van der Waals surface area contributed by atoms with E-state index in [0.29, 0.717) is 16.8 Å². The number of carbonyl (C=O) groups is 1. The fourth-order valence-electron chi connectivity index (χ4n) is 2.34. The Morgan fingerprint density at radius 2 is 1.52 bits per heavy atom. The number of halogens is 1. The summed E-state index contributed by atoms with van der Waals surface area (Å²) in [5.74, 6) is 0.0166. The summed E-state index contributed by atoms with van der Waals surface area (Å²) >= 11 is 3.45. The van der Waals surface area contributed by atoms with Crippen molar-refractivity contribution >= 4 is 38.2 Å². The highest BCUT2D eigenvalue weighted by atomic mass is 79.9. The monoisotopic (exact) mass is 339 g/mol. The summed E-state index contributed by atoms with van der Waals surface area (Å²) in [6.07, 6.45) is 0. The second-order valence-electron chi connectivity index (χ2n) is 5.11. The quantitative estimate of drug-likeness (QED) is 0.542. The van der Waals surface area contributed by atoms with E-state index in [1.807, 2.05) is 49.4 Å². The van der Waals surface area contributed by atoms with Crippen LogP contribution in [0.3, 0.4) is 0 Å². The molecule has 0 atom stereocenters. The molecule has 0 aromatic heterocycles. The van der Waals surface area contributed by atoms with Crippen molar-refractivity contribution in [2.45, 2.75) is 6.92 Å². The Morgan fingerprint density at radius 1 is 0.905 bits per heavy atom. The molecule has 0 saturated carbocycles. The molecule has 0 bridgehead atoms. The number of benzene rings is 3. The van der Waals surface area contributed by atoms with Crippen LogP contribution in [0.25, 0.3) is 10.8 Å². The number of hydrogen-bond acceptors (Lipinski definition) is 2. The SMILES string of the molecule is Cc1cc(C(=O)c2ccc3cc(Br)ccc3c2)ccc1N. The third-order valence-corrected chi connectivity index (χ3v) is 4.09. The van der Waals surface area contributed by atoms with Crippen LogP contribution in [-0.4, -0.2) is 5.78 Å². The number of nitrogens with two attached hydrogens (primary N) is 1. The Bertz CT molecular complexity index is 855. The molecule has 21 heavy (non-hydrogen) atoms. The van der Waals surface area contributed by atoms with Gasteiger partial charge in [0.2, 0.25) is 0 Å². The van der Waals surface area contributed by atoms with Crippen molar-refractivity contribution in [2.75, 3.05) is 5.73 Å². The lowest BCUT2D eigenvalue weighted by Gasteiger charge is -2.06. The highest BCUT2D eigenvalue weighted by molar-refractivity contribution is 9.10. The molecule has 0 amide bonds. The average Bonchev–Trinajstić information content (AvgIpc) is 2.49. The zero-order chi connectivity index (χ0) is 15.0. The average molecular weight is 340 g/mol. The van der Waals surface area contributed by atoms with E-state index in [0.717, 1.165) is 20.8 Å². The van der Waals surface area contributed by atoms with E-state index >= 15 is 0 Å². The van der Waals surface area contributed by atoms with E-state index in [2.05, 4.69) is 15.9 Å². The molecule has 0 aliphatic heterocycles. The molecule has 3 rings (SSSR count). The van der Waals surface area contributed by atoms with Crippen molar-refractivity contribution in [1.29, 1.82) is 0 Å². The second-order valence-corrected chi connectivity index (χ2v) is 6.02. The Kier molecular flexibility index (Phi) is 3.52. The first-order chi connectivity index (χ1) is 10.0. The molecule has 0 radical (unpaired) electrons. The minimum absolute atomic E-state index is 0.0166. The maximum atomic E-state index is 12.6. The molecule has 0 saturated heterocycles. The predicted octanol–water partition coefficient (Wildman–Crippen LogP) is 4.72. The third kappa shape index (κ3) is 2.69. The predicted molar refractivity (Wildman–Crippen MR) is 90.7 cm³/mol. The molecule has 3 aromatic carbocycles. The molecule has 0 aliphatic rings. The Labute approximate surface area is 131 Å². The minimum atomic E-state index is 0.0166. The first-order valence-corrected chi connectivity index (χ1v) is 7.44. The maximum absolute atomic E-state index is 12.6. The van der Waals surface area contributed by atoms with Crippen LogP contribution in [0, 0.1) is 6.92 Å². The van der Waals surface area contributed by atoms with Crippen LogP contribution in [0.1, 0.15) is 21.5 Å². The maximum Gasteiger partial charge on any atom is 0.193 e.